The van der Waals surface area contributed by atoms with Crippen molar-refractivity contribution in [1.29, 1.82) is 0 Å². The minimum Gasteiger partial charge on any atom is -0.469 e. The number of aromatic nitrogens is 1. The van der Waals surface area contributed by atoms with E-state index in [-0.39, 0.29) is 24.1 Å². The summed E-state index contributed by atoms with van der Waals surface area (Å²) in [5.41, 5.74) is 8.73. The molecule has 5 heteroatoms. The molecule has 1 unspecified atom stereocenters. The second-order valence-electron chi connectivity index (χ2n) is 8.19. The number of esters is 1. The second-order valence-corrected chi connectivity index (χ2v) is 8.19. The van der Waals surface area contributed by atoms with Gasteiger partial charge in [-0.2, -0.15) is 0 Å². The minimum absolute atomic E-state index is 0.0830. The molecule has 0 N–H and O–H groups in total. The van der Waals surface area contributed by atoms with Crippen LogP contribution in [0.4, 0.5) is 0 Å². The third kappa shape index (κ3) is 4.44. The summed E-state index contributed by atoms with van der Waals surface area (Å²) in [7, 11) is 1.36. The van der Waals surface area contributed by atoms with Crippen LogP contribution >= 0.6 is 0 Å². The Balaban J connectivity index is 2.37. The number of benzene rings is 1. The molecule has 2 rings (SSSR count). The Kier molecular flexibility index (Phi) is 7.04. The first-order valence-electron chi connectivity index (χ1n) is 10.1. The fourth-order valence-corrected chi connectivity index (χ4v) is 4.00. The Bertz CT molecular complexity index is 910. The number of carbonyl (C=O) groups excluding carboxylic acids is 2. The summed E-state index contributed by atoms with van der Waals surface area (Å²) in [6.07, 6.45) is 0.563. The van der Waals surface area contributed by atoms with Gasteiger partial charge < -0.3 is 9.26 Å². The van der Waals surface area contributed by atoms with Crippen LogP contribution < -0.4 is 0 Å². The van der Waals surface area contributed by atoms with Gasteiger partial charge in [0.05, 0.1) is 18.7 Å². The molecule has 2 atom stereocenters. The maximum absolute atomic E-state index is 13.1. The maximum Gasteiger partial charge on any atom is 0.309 e. The lowest BCUT2D eigenvalue weighted by Crippen LogP contribution is -2.25. The first kappa shape index (κ1) is 22.9. The molecule has 5 nitrogen and oxygen atoms in total. The second kappa shape index (κ2) is 8.93. The topological polar surface area (TPSA) is 69.4 Å². The van der Waals surface area contributed by atoms with E-state index < -0.39 is 5.92 Å². The number of methoxy groups -OCH3 is 1. The zero-order valence-corrected chi connectivity index (χ0v) is 19.1. The molecule has 0 saturated heterocycles. The van der Waals surface area contributed by atoms with Gasteiger partial charge in [0.15, 0.2) is 0 Å². The number of ether oxygens (including phenoxy) is 1. The van der Waals surface area contributed by atoms with Gasteiger partial charge in [-0.1, -0.05) is 12.1 Å². The first-order chi connectivity index (χ1) is 13.5. The highest BCUT2D eigenvalue weighted by Gasteiger charge is 2.32. The molecule has 1 aromatic heterocycles. The van der Waals surface area contributed by atoms with Crippen molar-refractivity contribution in [2.75, 3.05) is 7.11 Å². The number of ketones is 1. The lowest BCUT2D eigenvalue weighted by molar-refractivity contribution is -0.145. The van der Waals surface area contributed by atoms with E-state index in [1.807, 2.05) is 13.8 Å². The number of carbonyl (C=O) groups is 2. The lowest BCUT2D eigenvalue weighted by atomic mass is 9.82. The molecule has 158 valence electrons. The molecule has 1 heterocycles. The van der Waals surface area contributed by atoms with Crippen LogP contribution in [-0.2, 0) is 20.7 Å². The average molecular weight is 400 g/mol. The summed E-state index contributed by atoms with van der Waals surface area (Å²) in [5, 5.41) is 4.15. The fourth-order valence-electron chi connectivity index (χ4n) is 4.00. The van der Waals surface area contributed by atoms with Gasteiger partial charge in [0.25, 0.3) is 0 Å². The highest BCUT2D eigenvalue weighted by Crippen LogP contribution is 2.33. The van der Waals surface area contributed by atoms with E-state index in [0.717, 1.165) is 11.1 Å². The third-order valence-electron chi connectivity index (χ3n) is 6.70. The van der Waals surface area contributed by atoms with Gasteiger partial charge in [-0.05, 0) is 81.8 Å². The molecule has 0 aliphatic carbocycles. The van der Waals surface area contributed by atoms with E-state index >= 15 is 0 Å². The van der Waals surface area contributed by atoms with Crippen molar-refractivity contribution in [3.05, 3.63) is 50.4 Å². The van der Waals surface area contributed by atoms with Crippen LogP contribution in [0.15, 0.2) is 4.52 Å². The molecule has 0 fully saturated rings. The van der Waals surface area contributed by atoms with Crippen molar-refractivity contribution >= 4 is 11.8 Å². The molecular formula is C24H33NO4. The Hall–Kier alpha value is -2.43. The fraction of sp³-hybridized carbons (Fsp3) is 0.542. The van der Waals surface area contributed by atoms with Gasteiger partial charge in [-0.3, -0.25) is 9.59 Å². The summed E-state index contributed by atoms with van der Waals surface area (Å²) in [6, 6.07) is 0. The van der Waals surface area contributed by atoms with E-state index in [4.69, 9.17) is 9.26 Å². The van der Waals surface area contributed by atoms with Gasteiger partial charge in [-0.25, -0.2) is 0 Å². The molecule has 0 aliphatic heterocycles. The predicted octanol–water partition coefficient (Wildman–Crippen LogP) is 4.93. The quantitative estimate of drug-likeness (QED) is 0.618. The summed E-state index contributed by atoms with van der Waals surface area (Å²) >= 11 is 0. The van der Waals surface area contributed by atoms with Crippen LogP contribution in [0.25, 0.3) is 0 Å². The van der Waals surface area contributed by atoms with Crippen molar-refractivity contribution < 1.29 is 18.8 Å². The maximum atomic E-state index is 13.1. The van der Waals surface area contributed by atoms with Crippen LogP contribution in [0.1, 0.15) is 69.7 Å². The molecule has 0 bridgehead atoms. The van der Waals surface area contributed by atoms with Gasteiger partial charge in [0.2, 0.25) is 0 Å². The third-order valence-corrected chi connectivity index (χ3v) is 6.70. The highest BCUT2D eigenvalue weighted by atomic mass is 16.5. The van der Waals surface area contributed by atoms with E-state index in [1.165, 1.54) is 34.9 Å². The van der Waals surface area contributed by atoms with Crippen molar-refractivity contribution in [3.63, 3.8) is 0 Å². The average Bonchev–Trinajstić information content (AvgIpc) is 3.03. The van der Waals surface area contributed by atoms with Crippen molar-refractivity contribution in [3.8, 4) is 0 Å². The number of rotatable bonds is 7. The minimum atomic E-state index is -0.490. The largest absolute Gasteiger partial charge is 0.469 e. The van der Waals surface area contributed by atoms with Gasteiger partial charge in [0.1, 0.15) is 11.5 Å². The standard InChI is InChI=1S/C24H33NO4/c1-12-13(2)15(4)21(16(5)14(12)3)10-20(26)11-22(18(7)24(27)28-9)23-17(6)19(8)29-25-23/h18,22H,10-11H2,1-9H3/t18-,22?/m0/s1. The molecule has 2 aromatic rings. The molecule has 29 heavy (non-hydrogen) atoms. The molecule has 1 aromatic carbocycles. The molecular weight excluding hydrogens is 366 g/mol. The Labute approximate surface area is 173 Å². The molecule has 0 saturated carbocycles. The van der Waals surface area contributed by atoms with Crippen LogP contribution in [0.3, 0.4) is 0 Å². The zero-order valence-electron chi connectivity index (χ0n) is 19.1. The normalized spacial score (nSPS) is 13.3. The zero-order chi connectivity index (χ0) is 22.0. The Morgan fingerprint density at radius 1 is 0.897 bits per heavy atom. The molecule has 0 spiro atoms. The molecule has 0 aliphatic rings. The van der Waals surface area contributed by atoms with Gasteiger partial charge in [-0.15, -0.1) is 0 Å². The van der Waals surface area contributed by atoms with Crippen LogP contribution in [-0.4, -0.2) is 24.0 Å². The van der Waals surface area contributed by atoms with Crippen LogP contribution in [0.2, 0.25) is 0 Å². The van der Waals surface area contributed by atoms with Crippen molar-refractivity contribution in [1.82, 2.24) is 5.16 Å². The number of nitrogens with zero attached hydrogens (tertiary/aromatic N) is 1. The van der Waals surface area contributed by atoms with E-state index in [0.29, 0.717) is 17.9 Å². The first-order valence-corrected chi connectivity index (χ1v) is 10.1. The smallest absolute Gasteiger partial charge is 0.309 e. The van der Waals surface area contributed by atoms with E-state index in [9.17, 15) is 9.59 Å². The Morgan fingerprint density at radius 3 is 1.86 bits per heavy atom. The van der Waals surface area contributed by atoms with E-state index in [2.05, 4.69) is 39.8 Å². The number of hydrogen-bond acceptors (Lipinski definition) is 5. The van der Waals surface area contributed by atoms with Gasteiger partial charge in [0, 0.05) is 24.3 Å². The van der Waals surface area contributed by atoms with Gasteiger partial charge >= 0.3 is 5.97 Å². The summed E-state index contributed by atoms with van der Waals surface area (Å²) < 4.78 is 10.2. The lowest BCUT2D eigenvalue weighted by Gasteiger charge is -2.22. The molecule has 0 radical (unpaired) electrons. The molecule has 0 amide bonds. The summed E-state index contributed by atoms with van der Waals surface area (Å²) in [4.78, 5) is 25.4. The Morgan fingerprint density at radius 2 is 1.41 bits per heavy atom. The monoisotopic (exact) mass is 399 g/mol. The summed E-state index contributed by atoms with van der Waals surface area (Å²) in [6.45, 7) is 16.0. The SMILES string of the molecule is COC(=O)[C@@H](C)C(CC(=O)Cc1c(C)c(C)c(C)c(C)c1C)c1noc(C)c1C. The summed E-state index contributed by atoms with van der Waals surface area (Å²) in [5.74, 6) is -0.431. The van der Waals surface area contributed by atoms with Crippen LogP contribution in [0.5, 0.6) is 0 Å². The number of Topliss-reactive ketones (excluding diaryl/α,β-unsaturated/α-hetero) is 1. The number of hydrogen-bond donors (Lipinski definition) is 0. The van der Waals surface area contributed by atoms with E-state index in [1.54, 1.807) is 6.92 Å². The number of aryl methyl sites for hydroxylation is 1. The van der Waals surface area contributed by atoms with Crippen LogP contribution in [0, 0.1) is 54.4 Å². The van der Waals surface area contributed by atoms with Crippen molar-refractivity contribution in [2.45, 2.75) is 74.1 Å². The van der Waals surface area contributed by atoms with Crippen molar-refractivity contribution in [2.24, 2.45) is 5.92 Å². The predicted molar refractivity (Wildman–Crippen MR) is 113 cm³/mol. The highest BCUT2D eigenvalue weighted by molar-refractivity contribution is 5.84.